The number of esters is 1. The summed E-state index contributed by atoms with van der Waals surface area (Å²) in [4.78, 5) is 11.5. The Morgan fingerprint density at radius 3 is 2.79 bits per heavy atom. The molecule has 5 nitrogen and oxygen atoms in total. The van der Waals surface area contributed by atoms with Crippen molar-refractivity contribution >= 4 is 18.9 Å². The van der Waals surface area contributed by atoms with Gasteiger partial charge in [-0.3, -0.25) is 4.68 Å². The number of hydrogen-bond donors (Lipinski definition) is 1. The molecule has 0 spiro atoms. The molecule has 1 atom stereocenters. The molecule has 0 aliphatic heterocycles. The standard InChI is InChI=1S/C10H13F3N2O3S/c1-2-17-9(16)7-3-5-14-15(7)6-4-8(18-19)10(11,12)13/h3,5,8,19H,2,4,6H2,1H3. The quantitative estimate of drug-likeness (QED) is 0.497. The topological polar surface area (TPSA) is 53.3 Å². The minimum absolute atomic E-state index is 0.0990. The highest BCUT2D eigenvalue weighted by Crippen LogP contribution is 2.26. The molecule has 0 bridgehead atoms. The van der Waals surface area contributed by atoms with Crippen LogP contribution in [0.4, 0.5) is 13.2 Å². The van der Waals surface area contributed by atoms with Gasteiger partial charge >= 0.3 is 12.1 Å². The number of aromatic nitrogens is 2. The SMILES string of the molecule is CCOC(=O)c1ccnn1CCC(OS)C(F)(F)F. The lowest BCUT2D eigenvalue weighted by atomic mass is 10.2. The molecule has 0 aliphatic rings. The first-order valence-corrected chi connectivity index (χ1v) is 5.82. The minimum Gasteiger partial charge on any atom is -0.461 e. The molecular weight excluding hydrogens is 285 g/mol. The first kappa shape index (κ1) is 15.8. The van der Waals surface area contributed by atoms with E-state index in [4.69, 9.17) is 4.74 Å². The van der Waals surface area contributed by atoms with Crippen molar-refractivity contribution in [2.24, 2.45) is 0 Å². The van der Waals surface area contributed by atoms with Crippen molar-refractivity contribution < 1.29 is 26.9 Å². The van der Waals surface area contributed by atoms with Crippen LogP contribution in [0.15, 0.2) is 12.3 Å². The molecule has 0 aliphatic carbocycles. The highest BCUT2D eigenvalue weighted by molar-refractivity contribution is 7.75. The average Bonchev–Trinajstić information content (AvgIpc) is 2.76. The first-order valence-electron chi connectivity index (χ1n) is 5.46. The van der Waals surface area contributed by atoms with Crippen LogP contribution in [-0.2, 0) is 15.5 Å². The summed E-state index contributed by atoms with van der Waals surface area (Å²) in [5.41, 5.74) is 0.0990. The van der Waals surface area contributed by atoms with Gasteiger partial charge in [-0.1, -0.05) is 0 Å². The maximum absolute atomic E-state index is 12.4. The number of carbonyl (C=O) groups excluding carboxylic acids is 1. The second-order valence-electron chi connectivity index (χ2n) is 3.58. The van der Waals surface area contributed by atoms with Gasteiger partial charge in [0.25, 0.3) is 0 Å². The molecule has 19 heavy (non-hydrogen) atoms. The number of rotatable bonds is 6. The number of halogens is 3. The highest BCUT2D eigenvalue weighted by atomic mass is 32.1. The van der Waals surface area contributed by atoms with Gasteiger partial charge < -0.3 is 8.92 Å². The normalized spacial score (nSPS) is 13.3. The van der Waals surface area contributed by atoms with E-state index in [0.717, 1.165) is 4.68 Å². The second kappa shape index (κ2) is 6.80. The van der Waals surface area contributed by atoms with Gasteiger partial charge in [0.1, 0.15) is 5.69 Å². The molecule has 1 rings (SSSR count). The number of nitrogens with zero attached hydrogens (tertiary/aromatic N) is 2. The van der Waals surface area contributed by atoms with Gasteiger partial charge in [0.15, 0.2) is 6.10 Å². The van der Waals surface area contributed by atoms with E-state index in [1.807, 2.05) is 0 Å². The first-order chi connectivity index (χ1) is 8.90. The van der Waals surface area contributed by atoms with Gasteiger partial charge in [0.05, 0.1) is 6.61 Å². The summed E-state index contributed by atoms with van der Waals surface area (Å²) in [7, 11) is 0. The molecule has 0 saturated heterocycles. The molecule has 0 N–H and O–H groups in total. The predicted octanol–water partition coefficient (Wildman–Crippen LogP) is 2.24. The molecule has 0 saturated carbocycles. The lowest BCUT2D eigenvalue weighted by Gasteiger charge is -2.17. The van der Waals surface area contributed by atoms with Crippen LogP contribution < -0.4 is 0 Å². The van der Waals surface area contributed by atoms with Crippen molar-refractivity contribution in [2.75, 3.05) is 6.61 Å². The van der Waals surface area contributed by atoms with Gasteiger partial charge in [0.2, 0.25) is 0 Å². The van der Waals surface area contributed by atoms with Crippen LogP contribution >= 0.6 is 12.9 Å². The Morgan fingerprint density at radius 1 is 1.58 bits per heavy atom. The van der Waals surface area contributed by atoms with E-state index < -0.39 is 24.7 Å². The fourth-order valence-corrected chi connectivity index (χ4v) is 1.63. The van der Waals surface area contributed by atoms with E-state index in [1.165, 1.54) is 12.3 Å². The maximum atomic E-state index is 12.4. The van der Waals surface area contributed by atoms with Gasteiger partial charge in [-0.15, -0.1) is 0 Å². The molecule has 1 unspecified atom stereocenters. The van der Waals surface area contributed by atoms with Crippen LogP contribution in [0.25, 0.3) is 0 Å². The van der Waals surface area contributed by atoms with Crippen LogP contribution in [0.5, 0.6) is 0 Å². The van der Waals surface area contributed by atoms with E-state index in [2.05, 4.69) is 22.2 Å². The number of alkyl halides is 3. The third kappa shape index (κ3) is 4.43. The lowest BCUT2D eigenvalue weighted by Crippen LogP contribution is -2.31. The molecular formula is C10H13F3N2O3S. The number of ether oxygens (including phenoxy) is 1. The maximum Gasteiger partial charge on any atom is 0.415 e. The summed E-state index contributed by atoms with van der Waals surface area (Å²) in [6.45, 7) is 1.67. The molecule has 1 aromatic heterocycles. The van der Waals surface area contributed by atoms with Crippen molar-refractivity contribution in [3.63, 3.8) is 0 Å². The molecule has 0 aromatic carbocycles. The molecule has 9 heteroatoms. The van der Waals surface area contributed by atoms with Gasteiger partial charge in [0, 0.05) is 19.2 Å². The Balaban J connectivity index is 2.68. The van der Waals surface area contributed by atoms with E-state index >= 15 is 0 Å². The fraction of sp³-hybridized carbons (Fsp3) is 0.600. The Labute approximate surface area is 113 Å². The van der Waals surface area contributed by atoms with E-state index in [0.29, 0.717) is 0 Å². The number of hydrogen-bond acceptors (Lipinski definition) is 5. The monoisotopic (exact) mass is 298 g/mol. The van der Waals surface area contributed by atoms with Crippen molar-refractivity contribution in [1.82, 2.24) is 9.78 Å². The summed E-state index contributed by atoms with van der Waals surface area (Å²) in [5, 5.41) is 3.78. The van der Waals surface area contributed by atoms with Crippen LogP contribution in [0.1, 0.15) is 23.8 Å². The number of aryl methyl sites for hydroxylation is 1. The van der Waals surface area contributed by atoms with Crippen molar-refractivity contribution in [3.05, 3.63) is 18.0 Å². The zero-order valence-electron chi connectivity index (χ0n) is 10.1. The fourth-order valence-electron chi connectivity index (χ4n) is 1.40. The number of thiol groups is 1. The summed E-state index contributed by atoms with van der Waals surface area (Å²) in [6, 6.07) is 1.38. The van der Waals surface area contributed by atoms with Crippen LogP contribution in [0.3, 0.4) is 0 Å². The third-order valence-electron chi connectivity index (χ3n) is 2.30. The van der Waals surface area contributed by atoms with Crippen molar-refractivity contribution in [1.29, 1.82) is 0 Å². The molecule has 1 aromatic rings. The van der Waals surface area contributed by atoms with Gasteiger partial charge in [-0.05, 0) is 25.9 Å². The summed E-state index contributed by atoms with van der Waals surface area (Å²) in [5.74, 6) is -0.629. The Bertz CT molecular complexity index is 422. The van der Waals surface area contributed by atoms with E-state index in [9.17, 15) is 18.0 Å². The largest absolute Gasteiger partial charge is 0.461 e. The zero-order chi connectivity index (χ0) is 14.5. The van der Waals surface area contributed by atoms with Gasteiger partial charge in [-0.2, -0.15) is 18.3 Å². The molecule has 1 heterocycles. The smallest absolute Gasteiger partial charge is 0.415 e. The van der Waals surface area contributed by atoms with E-state index in [1.54, 1.807) is 6.92 Å². The Hall–Kier alpha value is -1.22. The Kier molecular flexibility index (Phi) is 5.67. The van der Waals surface area contributed by atoms with Crippen molar-refractivity contribution in [2.45, 2.75) is 32.2 Å². The van der Waals surface area contributed by atoms with Crippen LogP contribution in [-0.4, -0.2) is 34.6 Å². The predicted molar refractivity (Wildman–Crippen MR) is 62.7 cm³/mol. The minimum atomic E-state index is -4.51. The molecule has 108 valence electrons. The average molecular weight is 298 g/mol. The molecule has 0 fully saturated rings. The third-order valence-corrected chi connectivity index (χ3v) is 2.55. The molecule has 0 amide bonds. The number of carbonyl (C=O) groups is 1. The lowest BCUT2D eigenvalue weighted by molar-refractivity contribution is -0.193. The van der Waals surface area contributed by atoms with Crippen LogP contribution in [0, 0.1) is 0 Å². The summed E-state index contributed by atoms with van der Waals surface area (Å²) in [6.07, 6.45) is -5.62. The van der Waals surface area contributed by atoms with Gasteiger partial charge in [-0.25, -0.2) is 4.79 Å². The Morgan fingerprint density at radius 2 is 2.26 bits per heavy atom. The van der Waals surface area contributed by atoms with Crippen LogP contribution in [0.2, 0.25) is 0 Å². The molecule has 0 radical (unpaired) electrons. The zero-order valence-corrected chi connectivity index (χ0v) is 10.9. The summed E-state index contributed by atoms with van der Waals surface area (Å²) >= 11 is 3.20. The van der Waals surface area contributed by atoms with Crippen molar-refractivity contribution in [3.8, 4) is 0 Å². The summed E-state index contributed by atoms with van der Waals surface area (Å²) < 4.78 is 47.3. The van der Waals surface area contributed by atoms with E-state index in [-0.39, 0.29) is 18.8 Å². The second-order valence-corrected chi connectivity index (χ2v) is 3.80. The highest BCUT2D eigenvalue weighted by Gasteiger charge is 2.40.